The smallest absolute Gasteiger partial charge is 0.123 e. The van der Waals surface area contributed by atoms with E-state index in [1.165, 1.54) is 0 Å². The third-order valence-corrected chi connectivity index (χ3v) is 2.74. The monoisotopic (exact) mass is 263 g/mol. The van der Waals surface area contributed by atoms with Gasteiger partial charge in [-0.05, 0) is 23.8 Å². The Kier molecular flexibility index (Phi) is 4.42. The minimum atomic E-state index is 0.385. The standard InChI is InChI=1S/C14H14ClNO2/c1-17-13-4-2-3-11(7-13)10-18-14-5-6-16-12(8-14)9-15/h2-8H,9-10H2,1H3. The first kappa shape index (κ1) is 12.7. The van der Waals surface area contributed by atoms with E-state index in [2.05, 4.69) is 4.98 Å². The molecule has 1 aromatic heterocycles. The Labute approximate surface area is 111 Å². The second kappa shape index (κ2) is 6.26. The summed E-state index contributed by atoms with van der Waals surface area (Å²) in [6.45, 7) is 0.489. The van der Waals surface area contributed by atoms with Crippen molar-refractivity contribution in [3.63, 3.8) is 0 Å². The molecule has 1 aromatic carbocycles. The molecule has 94 valence electrons. The van der Waals surface area contributed by atoms with Crippen LogP contribution in [0.2, 0.25) is 0 Å². The summed E-state index contributed by atoms with van der Waals surface area (Å²) < 4.78 is 10.8. The molecule has 1 heterocycles. The van der Waals surface area contributed by atoms with E-state index in [0.29, 0.717) is 12.5 Å². The van der Waals surface area contributed by atoms with E-state index in [9.17, 15) is 0 Å². The lowest BCUT2D eigenvalue weighted by atomic mass is 10.2. The number of alkyl halides is 1. The Balaban J connectivity index is 2.01. The van der Waals surface area contributed by atoms with Crippen LogP contribution in [0.5, 0.6) is 11.5 Å². The van der Waals surface area contributed by atoms with E-state index in [1.54, 1.807) is 13.3 Å². The molecule has 2 rings (SSSR count). The largest absolute Gasteiger partial charge is 0.497 e. The highest BCUT2D eigenvalue weighted by Gasteiger charge is 2.00. The third-order valence-electron chi connectivity index (χ3n) is 2.46. The Morgan fingerprint density at radius 1 is 1.17 bits per heavy atom. The van der Waals surface area contributed by atoms with Crippen LogP contribution in [0.25, 0.3) is 0 Å². The Bertz CT molecular complexity index is 469. The van der Waals surface area contributed by atoms with Crippen molar-refractivity contribution in [1.29, 1.82) is 0 Å². The molecule has 0 saturated heterocycles. The van der Waals surface area contributed by atoms with Gasteiger partial charge in [0.2, 0.25) is 0 Å². The highest BCUT2D eigenvalue weighted by molar-refractivity contribution is 6.16. The second-order valence-electron chi connectivity index (χ2n) is 3.76. The molecule has 0 aliphatic heterocycles. The highest BCUT2D eigenvalue weighted by Crippen LogP contribution is 2.17. The summed E-state index contributed by atoms with van der Waals surface area (Å²) in [4.78, 5) is 4.11. The summed E-state index contributed by atoms with van der Waals surface area (Å²) in [6.07, 6.45) is 1.69. The summed E-state index contributed by atoms with van der Waals surface area (Å²) in [5.41, 5.74) is 1.86. The molecule has 0 saturated carbocycles. The zero-order chi connectivity index (χ0) is 12.8. The summed E-state index contributed by atoms with van der Waals surface area (Å²) in [6, 6.07) is 11.4. The molecule has 0 bridgehead atoms. The maximum atomic E-state index is 5.72. The van der Waals surface area contributed by atoms with E-state index in [-0.39, 0.29) is 0 Å². The minimum Gasteiger partial charge on any atom is -0.497 e. The highest BCUT2D eigenvalue weighted by atomic mass is 35.5. The van der Waals surface area contributed by atoms with Gasteiger partial charge in [0, 0.05) is 12.3 Å². The van der Waals surface area contributed by atoms with Crippen molar-refractivity contribution in [2.75, 3.05) is 7.11 Å². The molecular formula is C14H14ClNO2. The normalized spacial score (nSPS) is 10.1. The Hall–Kier alpha value is -1.74. The van der Waals surface area contributed by atoms with Crippen molar-refractivity contribution >= 4 is 11.6 Å². The van der Waals surface area contributed by atoms with Gasteiger partial charge in [0.05, 0.1) is 18.7 Å². The fourth-order valence-corrected chi connectivity index (χ4v) is 1.69. The van der Waals surface area contributed by atoms with Crippen LogP contribution in [-0.2, 0) is 12.5 Å². The van der Waals surface area contributed by atoms with Crippen molar-refractivity contribution < 1.29 is 9.47 Å². The van der Waals surface area contributed by atoms with Gasteiger partial charge in [0.1, 0.15) is 18.1 Å². The fourth-order valence-electron chi connectivity index (χ4n) is 1.55. The van der Waals surface area contributed by atoms with Crippen molar-refractivity contribution in [2.24, 2.45) is 0 Å². The molecule has 4 heteroatoms. The zero-order valence-corrected chi connectivity index (χ0v) is 10.9. The first-order valence-corrected chi connectivity index (χ1v) is 6.12. The first-order valence-electron chi connectivity index (χ1n) is 5.58. The SMILES string of the molecule is COc1cccc(COc2ccnc(CCl)c2)c1. The van der Waals surface area contributed by atoms with Gasteiger partial charge in [-0.25, -0.2) is 0 Å². The van der Waals surface area contributed by atoms with Crippen molar-refractivity contribution in [2.45, 2.75) is 12.5 Å². The minimum absolute atomic E-state index is 0.385. The maximum absolute atomic E-state index is 5.72. The molecule has 0 radical (unpaired) electrons. The van der Waals surface area contributed by atoms with Crippen LogP contribution in [0.15, 0.2) is 42.6 Å². The predicted molar refractivity (Wildman–Crippen MR) is 71.1 cm³/mol. The van der Waals surface area contributed by atoms with Crippen LogP contribution in [0.3, 0.4) is 0 Å². The third kappa shape index (κ3) is 3.37. The van der Waals surface area contributed by atoms with Crippen LogP contribution < -0.4 is 9.47 Å². The lowest BCUT2D eigenvalue weighted by molar-refractivity contribution is 0.304. The second-order valence-corrected chi connectivity index (χ2v) is 4.02. The molecule has 0 aliphatic carbocycles. The van der Waals surface area contributed by atoms with E-state index in [0.717, 1.165) is 22.8 Å². The number of aromatic nitrogens is 1. The lowest BCUT2D eigenvalue weighted by Crippen LogP contribution is -1.97. The number of benzene rings is 1. The van der Waals surface area contributed by atoms with Gasteiger partial charge in [0.25, 0.3) is 0 Å². The molecule has 18 heavy (non-hydrogen) atoms. The van der Waals surface area contributed by atoms with Gasteiger partial charge in [-0.2, -0.15) is 0 Å². The number of halogens is 1. The van der Waals surface area contributed by atoms with Gasteiger partial charge >= 0.3 is 0 Å². The number of methoxy groups -OCH3 is 1. The quantitative estimate of drug-likeness (QED) is 0.775. The van der Waals surface area contributed by atoms with Gasteiger partial charge in [-0.15, -0.1) is 11.6 Å². The van der Waals surface area contributed by atoms with Gasteiger partial charge < -0.3 is 9.47 Å². The fraction of sp³-hybridized carbons (Fsp3) is 0.214. The molecular weight excluding hydrogens is 250 g/mol. The number of nitrogens with zero attached hydrogens (tertiary/aromatic N) is 1. The number of hydrogen-bond donors (Lipinski definition) is 0. The van der Waals surface area contributed by atoms with Gasteiger partial charge in [0.15, 0.2) is 0 Å². The number of hydrogen-bond acceptors (Lipinski definition) is 3. The van der Waals surface area contributed by atoms with Gasteiger partial charge in [-0.3, -0.25) is 4.98 Å². The van der Waals surface area contributed by atoms with E-state index < -0.39 is 0 Å². The average Bonchev–Trinajstić information content (AvgIpc) is 2.45. The summed E-state index contributed by atoms with van der Waals surface area (Å²) in [7, 11) is 1.65. The van der Waals surface area contributed by atoms with E-state index >= 15 is 0 Å². The van der Waals surface area contributed by atoms with Crippen LogP contribution in [0, 0.1) is 0 Å². The van der Waals surface area contributed by atoms with Crippen molar-refractivity contribution in [3.8, 4) is 11.5 Å². The predicted octanol–water partition coefficient (Wildman–Crippen LogP) is 3.41. The van der Waals surface area contributed by atoms with Crippen molar-refractivity contribution in [3.05, 3.63) is 53.9 Å². The van der Waals surface area contributed by atoms with E-state index in [1.807, 2.05) is 36.4 Å². The molecule has 0 atom stereocenters. The Morgan fingerprint density at radius 2 is 2.06 bits per heavy atom. The van der Waals surface area contributed by atoms with E-state index in [4.69, 9.17) is 21.1 Å². The summed E-state index contributed by atoms with van der Waals surface area (Å²) >= 11 is 5.72. The number of pyridine rings is 1. The average molecular weight is 264 g/mol. The van der Waals surface area contributed by atoms with Crippen molar-refractivity contribution in [1.82, 2.24) is 4.98 Å². The molecule has 0 fully saturated rings. The topological polar surface area (TPSA) is 31.4 Å². The molecule has 0 aliphatic rings. The molecule has 2 aromatic rings. The zero-order valence-electron chi connectivity index (χ0n) is 10.1. The maximum Gasteiger partial charge on any atom is 0.123 e. The summed E-state index contributed by atoms with van der Waals surface area (Å²) in [5.74, 6) is 1.98. The van der Waals surface area contributed by atoms with Crippen LogP contribution in [0.4, 0.5) is 0 Å². The number of rotatable bonds is 5. The van der Waals surface area contributed by atoms with Crippen LogP contribution >= 0.6 is 11.6 Å². The molecule has 0 unspecified atom stereocenters. The molecule has 0 N–H and O–H groups in total. The lowest BCUT2D eigenvalue weighted by Gasteiger charge is -2.08. The molecule has 0 amide bonds. The Morgan fingerprint density at radius 3 is 2.83 bits per heavy atom. The first-order chi connectivity index (χ1) is 8.81. The molecule has 3 nitrogen and oxygen atoms in total. The number of ether oxygens (including phenoxy) is 2. The van der Waals surface area contributed by atoms with Gasteiger partial charge in [-0.1, -0.05) is 12.1 Å². The molecule has 0 spiro atoms. The summed E-state index contributed by atoms with van der Waals surface area (Å²) in [5, 5.41) is 0. The van der Waals surface area contributed by atoms with Crippen LogP contribution in [0.1, 0.15) is 11.3 Å². The van der Waals surface area contributed by atoms with Crippen LogP contribution in [-0.4, -0.2) is 12.1 Å².